The van der Waals surface area contributed by atoms with Crippen molar-refractivity contribution in [3.63, 3.8) is 0 Å². The smallest absolute Gasteiger partial charge is 0.216 e. The van der Waals surface area contributed by atoms with Gasteiger partial charge in [-0.2, -0.15) is 15.0 Å². The highest BCUT2D eigenvalue weighted by Crippen LogP contribution is 2.26. The predicted octanol–water partition coefficient (Wildman–Crippen LogP) is 3.16. The highest BCUT2D eigenvalue weighted by molar-refractivity contribution is 6.30. The first-order valence-electron chi connectivity index (χ1n) is 6.09. The third-order valence-corrected chi connectivity index (χ3v) is 3.14. The molecule has 0 aliphatic carbocycles. The van der Waals surface area contributed by atoms with E-state index in [1.54, 1.807) is 24.3 Å². The van der Waals surface area contributed by atoms with Crippen LogP contribution in [0, 0.1) is 11.3 Å². The summed E-state index contributed by atoms with van der Waals surface area (Å²) in [6.07, 6.45) is 1.49. The summed E-state index contributed by atoms with van der Waals surface area (Å²) in [6, 6.07) is 13.9. The van der Waals surface area contributed by atoms with Crippen molar-refractivity contribution in [2.45, 2.75) is 0 Å². The number of hydrogen-bond acceptors (Lipinski definition) is 4. The number of hydrogen-bond donors (Lipinski definition) is 1. The maximum Gasteiger partial charge on any atom is 0.216 e. The Balaban J connectivity index is 2.08. The molecule has 0 bridgehead atoms. The molecule has 0 aliphatic heterocycles. The lowest BCUT2D eigenvalue weighted by atomic mass is 10.2. The first-order chi connectivity index (χ1) is 10.2. The van der Waals surface area contributed by atoms with Gasteiger partial charge in [0.25, 0.3) is 0 Å². The van der Waals surface area contributed by atoms with Crippen LogP contribution in [0.5, 0.6) is 5.88 Å². The standard InChI is InChI=1S/C15H9ClN4O/c16-12-3-1-2-11(7-12)13-8-15(21)20(19-13)14-6-10(9-17)4-5-18-14/h1-8,21H. The Kier molecular flexibility index (Phi) is 3.30. The molecule has 2 aromatic heterocycles. The van der Waals surface area contributed by atoms with Crippen molar-refractivity contribution >= 4 is 11.6 Å². The summed E-state index contributed by atoms with van der Waals surface area (Å²) in [5, 5.41) is 23.8. The largest absolute Gasteiger partial charge is 0.493 e. The molecule has 0 spiro atoms. The number of aromatic nitrogens is 3. The number of rotatable bonds is 2. The molecule has 5 nitrogen and oxygen atoms in total. The lowest BCUT2D eigenvalue weighted by Crippen LogP contribution is -1.99. The van der Waals surface area contributed by atoms with Gasteiger partial charge in [0.2, 0.25) is 5.88 Å². The molecule has 1 aromatic carbocycles. The summed E-state index contributed by atoms with van der Waals surface area (Å²) >= 11 is 5.95. The fourth-order valence-corrected chi connectivity index (χ4v) is 2.12. The summed E-state index contributed by atoms with van der Waals surface area (Å²) in [5.74, 6) is 0.312. The van der Waals surface area contributed by atoms with E-state index in [4.69, 9.17) is 16.9 Å². The molecule has 3 rings (SSSR count). The first-order valence-corrected chi connectivity index (χ1v) is 6.46. The predicted molar refractivity (Wildman–Crippen MR) is 78.2 cm³/mol. The summed E-state index contributed by atoms with van der Waals surface area (Å²) in [7, 11) is 0. The van der Waals surface area contributed by atoms with Gasteiger partial charge in [-0.25, -0.2) is 4.98 Å². The summed E-state index contributed by atoms with van der Waals surface area (Å²) in [5.41, 5.74) is 1.80. The van der Waals surface area contributed by atoms with Crippen molar-refractivity contribution in [3.05, 3.63) is 59.2 Å². The second-order valence-corrected chi connectivity index (χ2v) is 4.76. The van der Waals surface area contributed by atoms with Gasteiger partial charge in [0.15, 0.2) is 5.82 Å². The molecule has 0 atom stereocenters. The molecule has 102 valence electrons. The Morgan fingerprint density at radius 3 is 2.81 bits per heavy atom. The van der Waals surface area contributed by atoms with Crippen LogP contribution in [0.25, 0.3) is 17.1 Å². The lowest BCUT2D eigenvalue weighted by Gasteiger charge is -2.01. The van der Waals surface area contributed by atoms with E-state index in [0.29, 0.717) is 22.1 Å². The van der Waals surface area contributed by atoms with Gasteiger partial charge >= 0.3 is 0 Å². The Morgan fingerprint density at radius 2 is 2.05 bits per heavy atom. The van der Waals surface area contributed by atoms with Crippen molar-refractivity contribution < 1.29 is 5.11 Å². The summed E-state index contributed by atoms with van der Waals surface area (Å²) in [4.78, 5) is 4.11. The number of nitrogens with zero attached hydrogens (tertiary/aromatic N) is 4. The third kappa shape index (κ3) is 2.57. The highest BCUT2D eigenvalue weighted by atomic mass is 35.5. The summed E-state index contributed by atoms with van der Waals surface area (Å²) < 4.78 is 1.27. The number of aromatic hydroxyl groups is 1. The van der Waals surface area contributed by atoms with E-state index in [-0.39, 0.29) is 5.88 Å². The SMILES string of the molecule is N#Cc1ccnc(-n2nc(-c3cccc(Cl)c3)cc2O)c1. The fraction of sp³-hybridized carbons (Fsp3) is 0. The molecule has 0 saturated carbocycles. The van der Waals surface area contributed by atoms with Crippen LogP contribution >= 0.6 is 11.6 Å². The quantitative estimate of drug-likeness (QED) is 0.788. The van der Waals surface area contributed by atoms with Gasteiger partial charge in [0, 0.05) is 28.9 Å². The van der Waals surface area contributed by atoms with E-state index in [2.05, 4.69) is 10.1 Å². The van der Waals surface area contributed by atoms with Crippen molar-refractivity contribution in [2.75, 3.05) is 0 Å². The Labute approximate surface area is 125 Å². The molecular weight excluding hydrogens is 288 g/mol. The van der Waals surface area contributed by atoms with Crippen LogP contribution in [0.3, 0.4) is 0 Å². The molecule has 21 heavy (non-hydrogen) atoms. The molecule has 0 unspecified atom stereocenters. The van der Waals surface area contributed by atoms with Crippen LogP contribution in [0.1, 0.15) is 5.56 Å². The van der Waals surface area contributed by atoms with Crippen molar-refractivity contribution in [3.8, 4) is 29.0 Å². The van der Waals surface area contributed by atoms with Crippen LogP contribution in [-0.4, -0.2) is 19.9 Å². The molecule has 0 amide bonds. The van der Waals surface area contributed by atoms with Gasteiger partial charge in [0.05, 0.1) is 17.3 Å². The molecule has 0 fully saturated rings. The van der Waals surface area contributed by atoms with E-state index in [0.717, 1.165) is 5.56 Å². The zero-order chi connectivity index (χ0) is 14.8. The molecule has 0 aliphatic rings. The van der Waals surface area contributed by atoms with E-state index in [9.17, 15) is 5.11 Å². The number of nitriles is 1. The Bertz CT molecular complexity index is 851. The van der Waals surface area contributed by atoms with Crippen molar-refractivity contribution in [2.24, 2.45) is 0 Å². The molecular formula is C15H9ClN4O. The van der Waals surface area contributed by atoms with Gasteiger partial charge in [-0.3, -0.25) is 0 Å². The molecule has 0 saturated heterocycles. The molecule has 2 heterocycles. The van der Waals surface area contributed by atoms with Crippen LogP contribution < -0.4 is 0 Å². The minimum atomic E-state index is -0.0624. The normalized spacial score (nSPS) is 10.3. The maximum atomic E-state index is 10.0. The van der Waals surface area contributed by atoms with Gasteiger partial charge < -0.3 is 5.11 Å². The third-order valence-electron chi connectivity index (χ3n) is 2.90. The number of pyridine rings is 1. The fourth-order valence-electron chi connectivity index (χ4n) is 1.93. The molecule has 6 heteroatoms. The van der Waals surface area contributed by atoms with E-state index in [1.165, 1.54) is 16.9 Å². The topological polar surface area (TPSA) is 74.7 Å². The number of halogens is 1. The zero-order valence-electron chi connectivity index (χ0n) is 10.7. The van der Waals surface area contributed by atoms with Gasteiger partial charge in [-0.1, -0.05) is 23.7 Å². The van der Waals surface area contributed by atoms with Gasteiger partial charge in [-0.05, 0) is 18.2 Å². The second kappa shape index (κ2) is 5.27. The minimum Gasteiger partial charge on any atom is -0.493 e. The van der Waals surface area contributed by atoms with Crippen LogP contribution in [0.2, 0.25) is 5.02 Å². The Morgan fingerprint density at radius 1 is 1.19 bits per heavy atom. The van der Waals surface area contributed by atoms with E-state index < -0.39 is 0 Å². The monoisotopic (exact) mass is 296 g/mol. The van der Waals surface area contributed by atoms with Gasteiger partial charge in [-0.15, -0.1) is 0 Å². The van der Waals surface area contributed by atoms with Crippen LogP contribution in [0.4, 0.5) is 0 Å². The van der Waals surface area contributed by atoms with Gasteiger partial charge in [0.1, 0.15) is 0 Å². The molecule has 1 N–H and O–H groups in total. The minimum absolute atomic E-state index is 0.0624. The van der Waals surface area contributed by atoms with Crippen LogP contribution in [-0.2, 0) is 0 Å². The van der Waals surface area contributed by atoms with Crippen molar-refractivity contribution in [1.29, 1.82) is 5.26 Å². The maximum absolute atomic E-state index is 10.0. The highest BCUT2D eigenvalue weighted by Gasteiger charge is 2.11. The van der Waals surface area contributed by atoms with Crippen molar-refractivity contribution in [1.82, 2.24) is 14.8 Å². The second-order valence-electron chi connectivity index (χ2n) is 4.32. The van der Waals surface area contributed by atoms with E-state index in [1.807, 2.05) is 18.2 Å². The average Bonchev–Trinajstić information content (AvgIpc) is 2.89. The average molecular weight is 297 g/mol. The molecule has 0 radical (unpaired) electrons. The first kappa shape index (κ1) is 13.2. The zero-order valence-corrected chi connectivity index (χ0v) is 11.5. The summed E-state index contributed by atoms with van der Waals surface area (Å²) in [6.45, 7) is 0. The Hall–Kier alpha value is -2.84. The van der Waals surface area contributed by atoms with E-state index >= 15 is 0 Å². The molecule has 3 aromatic rings. The van der Waals surface area contributed by atoms with Crippen LogP contribution in [0.15, 0.2) is 48.7 Å². The number of benzene rings is 1. The lowest BCUT2D eigenvalue weighted by molar-refractivity contribution is 0.432.